The number of ether oxygens (including phenoxy) is 2. The second-order valence-corrected chi connectivity index (χ2v) is 5.97. The lowest BCUT2D eigenvalue weighted by Gasteiger charge is -2.09. The first-order chi connectivity index (χ1) is 10.5. The van der Waals surface area contributed by atoms with Crippen LogP contribution in [0.1, 0.15) is 20.3 Å². The molecule has 0 aliphatic rings. The monoisotopic (exact) mass is 372 g/mol. The molecule has 1 rings (SSSR count). The van der Waals surface area contributed by atoms with E-state index in [-0.39, 0.29) is 18.9 Å². The highest BCUT2D eigenvalue weighted by Gasteiger charge is 2.06. The first kappa shape index (κ1) is 18.4. The van der Waals surface area contributed by atoms with Gasteiger partial charge >= 0.3 is 0 Å². The Balaban J connectivity index is 2.12. The number of carbonyl (C=O) groups excluding carboxylic acids is 2. The molecule has 0 bridgehead atoms. The summed E-state index contributed by atoms with van der Waals surface area (Å²) in [6.45, 7) is 4.83. The molecule has 0 saturated carbocycles. The zero-order chi connectivity index (χ0) is 16.4. The molecule has 2 N–H and O–H groups in total. The van der Waals surface area contributed by atoms with Crippen molar-refractivity contribution in [1.82, 2.24) is 10.9 Å². The summed E-state index contributed by atoms with van der Waals surface area (Å²) in [5.74, 6) is 0.269. The summed E-state index contributed by atoms with van der Waals surface area (Å²) in [6.07, 6.45) is 0.195. The summed E-state index contributed by atoms with van der Waals surface area (Å²) in [6, 6.07) is 7.10. The molecule has 0 saturated heterocycles. The molecule has 7 heteroatoms. The van der Waals surface area contributed by atoms with Gasteiger partial charge in [0.2, 0.25) is 5.91 Å². The van der Waals surface area contributed by atoms with Crippen molar-refractivity contribution in [3.8, 4) is 5.75 Å². The van der Waals surface area contributed by atoms with Crippen LogP contribution in [0.4, 0.5) is 0 Å². The van der Waals surface area contributed by atoms with Gasteiger partial charge in [0, 0.05) is 11.1 Å². The minimum absolute atomic E-state index is 0.175. The quantitative estimate of drug-likeness (QED) is 0.540. The van der Waals surface area contributed by atoms with Gasteiger partial charge in [-0.2, -0.15) is 0 Å². The van der Waals surface area contributed by atoms with Crippen molar-refractivity contribution < 1.29 is 19.1 Å². The lowest BCUT2D eigenvalue weighted by atomic mass is 10.2. The number of halogens is 1. The van der Waals surface area contributed by atoms with Crippen LogP contribution < -0.4 is 15.6 Å². The van der Waals surface area contributed by atoms with Crippen LogP contribution in [0.5, 0.6) is 5.75 Å². The number of carbonyl (C=O) groups is 2. The molecule has 0 aromatic heterocycles. The Morgan fingerprint density at radius 2 is 1.77 bits per heavy atom. The van der Waals surface area contributed by atoms with Crippen LogP contribution in [-0.2, 0) is 14.3 Å². The minimum atomic E-state index is -0.431. The van der Waals surface area contributed by atoms with E-state index < -0.39 is 5.91 Å². The Labute approximate surface area is 138 Å². The molecule has 0 spiro atoms. The molecular weight excluding hydrogens is 352 g/mol. The van der Waals surface area contributed by atoms with Gasteiger partial charge in [-0.05, 0) is 30.2 Å². The Morgan fingerprint density at radius 3 is 2.41 bits per heavy atom. The summed E-state index contributed by atoms with van der Waals surface area (Å²) in [4.78, 5) is 23.0. The van der Waals surface area contributed by atoms with Crippen molar-refractivity contribution >= 4 is 27.7 Å². The topological polar surface area (TPSA) is 76.7 Å². The van der Waals surface area contributed by atoms with Crippen LogP contribution in [-0.4, -0.2) is 31.6 Å². The molecule has 0 unspecified atom stereocenters. The zero-order valence-electron chi connectivity index (χ0n) is 12.7. The SMILES string of the molecule is CC(C)COCCC(=O)NNC(=O)COc1ccc(Br)cc1. The van der Waals surface area contributed by atoms with Crippen LogP contribution in [0.2, 0.25) is 0 Å². The molecule has 0 aliphatic heterocycles. The second kappa shape index (κ2) is 10.2. The van der Waals surface area contributed by atoms with E-state index >= 15 is 0 Å². The Bertz CT molecular complexity index is 477. The maximum Gasteiger partial charge on any atom is 0.276 e. The van der Waals surface area contributed by atoms with Crippen molar-refractivity contribution in [1.29, 1.82) is 0 Å². The van der Waals surface area contributed by atoms with E-state index in [0.717, 1.165) is 4.47 Å². The standard InChI is InChI=1S/C15H21BrN2O4/c1-11(2)9-21-8-7-14(19)17-18-15(20)10-22-13-5-3-12(16)4-6-13/h3-6,11H,7-10H2,1-2H3,(H,17,19)(H,18,20). The van der Waals surface area contributed by atoms with Gasteiger partial charge in [-0.15, -0.1) is 0 Å². The highest BCUT2D eigenvalue weighted by Crippen LogP contribution is 2.15. The normalized spacial score (nSPS) is 10.4. The van der Waals surface area contributed by atoms with Crippen LogP contribution in [0.15, 0.2) is 28.7 Å². The molecule has 6 nitrogen and oxygen atoms in total. The molecule has 1 aromatic rings. The van der Waals surface area contributed by atoms with Gasteiger partial charge in [-0.3, -0.25) is 20.4 Å². The third-order valence-corrected chi connectivity index (χ3v) is 2.98. The highest BCUT2D eigenvalue weighted by molar-refractivity contribution is 9.10. The van der Waals surface area contributed by atoms with E-state index in [1.165, 1.54) is 0 Å². The molecule has 1 aromatic carbocycles. The summed E-state index contributed by atoms with van der Waals surface area (Å²) < 4.78 is 11.5. The van der Waals surface area contributed by atoms with E-state index in [1.54, 1.807) is 12.1 Å². The summed E-state index contributed by atoms with van der Waals surface area (Å²) in [7, 11) is 0. The highest BCUT2D eigenvalue weighted by atomic mass is 79.9. The molecule has 0 fully saturated rings. The fraction of sp³-hybridized carbons (Fsp3) is 0.467. The third-order valence-electron chi connectivity index (χ3n) is 2.45. The third kappa shape index (κ3) is 8.63. The number of hydrogen-bond donors (Lipinski definition) is 2. The molecule has 122 valence electrons. The van der Waals surface area contributed by atoms with E-state index in [4.69, 9.17) is 9.47 Å². The number of hydrogen-bond acceptors (Lipinski definition) is 4. The fourth-order valence-corrected chi connectivity index (χ4v) is 1.67. The van der Waals surface area contributed by atoms with Gasteiger partial charge in [0.05, 0.1) is 13.0 Å². The van der Waals surface area contributed by atoms with E-state index in [2.05, 4.69) is 26.8 Å². The number of hydrazine groups is 1. The van der Waals surface area contributed by atoms with Crippen molar-refractivity contribution in [2.45, 2.75) is 20.3 Å². The first-order valence-electron chi connectivity index (χ1n) is 7.01. The van der Waals surface area contributed by atoms with Gasteiger partial charge in [0.15, 0.2) is 6.61 Å². The van der Waals surface area contributed by atoms with Gasteiger partial charge in [0.25, 0.3) is 5.91 Å². The van der Waals surface area contributed by atoms with Crippen molar-refractivity contribution in [2.24, 2.45) is 5.92 Å². The van der Waals surface area contributed by atoms with E-state index in [0.29, 0.717) is 24.9 Å². The first-order valence-corrected chi connectivity index (χ1v) is 7.80. The van der Waals surface area contributed by atoms with Crippen LogP contribution in [0.25, 0.3) is 0 Å². The lowest BCUT2D eigenvalue weighted by molar-refractivity contribution is -0.130. The molecular formula is C15H21BrN2O4. The summed E-state index contributed by atoms with van der Waals surface area (Å²) in [5, 5.41) is 0. The molecule has 2 amide bonds. The average molecular weight is 373 g/mol. The van der Waals surface area contributed by atoms with Crippen molar-refractivity contribution in [3.63, 3.8) is 0 Å². The molecule has 0 heterocycles. The summed E-state index contributed by atoms with van der Waals surface area (Å²) >= 11 is 3.31. The van der Waals surface area contributed by atoms with Crippen LogP contribution in [0, 0.1) is 5.92 Å². The molecule has 0 radical (unpaired) electrons. The largest absolute Gasteiger partial charge is 0.484 e. The number of nitrogens with one attached hydrogen (secondary N) is 2. The van der Waals surface area contributed by atoms with Gasteiger partial charge in [-0.1, -0.05) is 29.8 Å². The Morgan fingerprint density at radius 1 is 1.14 bits per heavy atom. The van der Waals surface area contributed by atoms with Crippen molar-refractivity contribution in [3.05, 3.63) is 28.7 Å². The van der Waals surface area contributed by atoms with Crippen LogP contribution in [0.3, 0.4) is 0 Å². The molecule has 22 heavy (non-hydrogen) atoms. The Hall–Kier alpha value is -1.60. The maximum atomic E-state index is 11.5. The lowest BCUT2D eigenvalue weighted by Crippen LogP contribution is -2.44. The van der Waals surface area contributed by atoms with E-state index in [9.17, 15) is 9.59 Å². The second-order valence-electron chi connectivity index (χ2n) is 5.06. The number of amides is 2. The van der Waals surface area contributed by atoms with E-state index in [1.807, 2.05) is 26.0 Å². The number of rotatable bonds is 8. The van der Waals surface area contributed by atoms with Crippen molar-refractivity contribution in [2.75, 3.05) is 19.8 Å². The van der Waals surface area contributed by atoms with Gasteiger partial charge < -0.3 is 9.47 Å². The molecule has 0 atom stereocenters. The van der Waals surface area contributed by atoms with Crippen LogP contribution >= 0.6 is 15.9 Å². The minimum Gasteiger partial charge on any atom is -0.484 e. The molecule has 0 aliphatic carbocycles. The Kier molecular flexibility index (Phi) is 8.54. The number of benzene rings is 1. The van der Waals surface area contributed by atoms with Gasteiger partial charge in [-0.25, -0.2) is 0 Å². The predicted molar refractivity (Wildman–Crippen MR) is 86.2 cm³/mol. The predicted octanol–water partition coefficient (Wildman–Crippen LogP) is 2.04. The average Bonchev–Trinajstić information content (AvgIpc) is 2.48. The fourth-order valence-electron chi connectivity index (χ4n) is 1.40. The maximum absolute atomic E-state index is 11.5. The zero-order valence-corrected chi connectivity index (χ0v) is 14.3. The smallest absolute Gasteiger partial charge is 0.276 e. The van der Waals surface area contributed by atoms with Gasteiger partial charge in [0.1, 0.15) is 5.75 Å². The summed E-state index contributed by atoms with van der Waals surface area (Å²) in [5.41, 5.74) is 4.60.